The molecule has 0 aromatic carbocycles. The fraction of sp³-hybridized carbons (Fsp3) is 0.821. The maximum atomic E-state index is 11.7. The van der Waals surface area contributed by atoms with Gasteiger partial charge in [0, 0.05) is 53.5 Å². The van der Waals surface area contributed by atoms with Gasteiger partial charge in [0.2, 0.25) is 17.7 Å². The van der Waals surface area contributed by atoms with E-state index in [-0.39, 0.29) is 29.2 Å². The van der Waals surface area contributed by atoms with E-state index in [0.29, 0.717) is 45.2 Å². The molecule has 24 heteroatoms. The van der Waals surface area contributed by atoms with Gasteiger partial charge in [0.05, 0.1) is 26.7 Å². The molecule has 0 radical (unpaired) electrons. The van der Waals surface area contributed by atoms with Crippen molar-refractivity contribution < 1.29 is 79.2 Å². The lowest BCUT2D eigenvalue weighted by atomic mass is 10.2. The Hall–Kier alpha value is -4.61. The molecular weight excluding hydrogens is 847 g/mol. The first-order chi connectivity index (χ1) is 28.3. The number of rotatable bonds is 3. The summed E-state index contributed by atoms with van der Waals surface area (Å²) < 4.78 is 61.3. The molecule has 0 spiro atoms. The zero-order valence-corrected chi connectivity index (χ0v) is 40.2. The van der Waals surface area contributed by atoms with Gasteiger partial charge in [-0.1, -0.05) is 0 Å². The van der Waals surface area contributed by atoms with Crippen LogP contribution in [0.3, 0.4) is 0 Å². The minimum atomic E-state index is -3.67. The normalized spacial score (nSPS) is 14.8. The van der Waals surface area contributed by atoms with Crippen molar-refractivity contribution in [1.29, 1.82) is 0 Å². The second-order valence-electron chi connectivity index (χ2n) is 16.9. The monoisotopic (exact) mass is 923 g/mol. The highest BCUT2D eigenvalue weighted by Crippen LogP contribution is 2.13. The third kappa shape index (κ3) is 43.8. The molecule has 0 aliphatic carbocycles. The number of nitrogens with zero attached hydrogens (tertiary/aromatic N) is 3. The number of hydrogen-bond acceptors (Lipinski definition) is 14. The van der Waals surface area contributed by atoms with Crippen molar-refractivity contribution in [3.8, 4) is 0 Å². The Kier molecular flexibility index (Phi) is 34.0. The van der Waals surface area contributed by atoms with E-state index in [1.165, 1.54) is 4.90 Å². The van der Waals surface area contributed by atoms with E-state index in [1.807, 2.05) is 20.8 Å². The van der Waals surface area contributed by atoms with E-state index in [9.17, 15) is 41.7 Å². The summed E-state index contributed by atoms with van der Waals surface area (Å²) in [6, 6.07) is 0. The Morgan fingerprint density at radius 2 is 1.05 bits per heavy atom. The number of ether oxygens (including phenoxy) is 6. The molecule has 4 amide bonds. The molecule has 3 N–H and O–H groups in total. The van der Waals surface area contributed by atoms with Crippen LogP contribution < -0.4 is 20.7 Å². The van der Waals surface area contributed by atoms with Crippen molar-refractivity contribution in [3.63, 3.8) is 0 Å². The number of hydrogen-bond donors (Lipinski definition) is 3. The lowest BCUT2D eigenvalue weighted by Gasteiger charge is -2.29. The van der Waals surface area contributed by atoms with E-state index >= 15 is 0 Å². The highest BCUT2D eigenvalue weighted by molar-refractivity contribution is 6.33. The number of methoxy groups -OCH3 is 1. The first kappa shape index (κ1) is 65.0. The summed E-state index contributed by atoms with van der Waals surface area (Å²) in [6.45, 7) is 35.6. The van der Waals surface area contributed by atoms with Gasteiger partial charge in [-0.2, -0.15) is 0 Å². The first-order valence-corrected chi connectivity index (χ1v) is 20.2. The van der Waals surface area contributed by atoms with Gasteiger partial charge in [0.15, 0.2) is 0 Å². The molecule has 0 aromatic rings. The molecule has 0 aromatic heterocycles. The van der Waals surface area contributed by atoms with Crippen molar-refractivity contribution >= 4 is 49.8 Å². The summed E-state index contributed by atoms with van der Waals surface area (Å²) >= 11 is 0. The van der Waals surface area contributed by atoms with Gasteiger partial charge in [-0.25, -0.2) is 19.2 Å². The maximum absolute atomic E-state index is 11.7. The largest absolute Gasteiger partial charge is 1.00 e. The molecule has 370 valence electrons. The third-order valence-electron chi connectivity index (χ3n) is 6.64. The Bertz CT molecular complexity index is 1330. The Morgan fingerprint density at radius 3 is 1.33 bits per heavy atom. The Morgan fingerprint density at radius 1 is 0.651 bits per heavy atom. The van der Waals surface area contributed by atoms with Gasteiger partial charge in [-0.3, -0.25) is 37.3 Å². The van der Waals surface area contributed by atoms with Gasteiger partial charge in [0.25, 0.3) is 0 Å². The number of carbonyl (C=O) groups is 6. The summed E-state index contributed by atoms with van der Waals surface area (Å²) in [5.74, 6) is 0.542. The van der Waals surface area contributed by atoms with Crippen LogP contribution >= 0.6 is 0 Å². The third-order valence-corrected chi connectivity index (χ3v) is 6.64. The van der Waals surface area contributed by atoms with Crippen molar-refractivity contribution in [2.75, 3.05) is 85.8 Å². The van der Waals surface area contributed by atoms with Gasteiger partial charge in [-0.05, 0) is 83.1 Å². The molecular formula is C39H75BF4N6O13. The molecule has 0 saturated carbocycles. The van der Waals surface area contributed by atoms with Crippen LogP contribution in [-0.2, 0) is 42.4 Å². The number of halogens is 4. The van der Waals surface area contributed by atoms with Gasteiger partial charge < -0.3 is 53.4 Å². The molecule has 3 aliphatic heterocycles. The zero-order chi connectivity index (χ0) is 48.9. The summed E-state index contributed by atoms with van der Waals surface area (Å²) in [7, 11) is -2.11. The van der Waals surface area contributed by atoms with Crippen LogP contribution in [0.5, 0.6) is 0 Å². The van der Waals surface area contributed by atoms with Crippen molar-refractivity contribution in [3.05, 3.63) is 0 Å². The average Bonchev–Trinajstić information content (AvgIpc) is 3.10. The summed E-state index contributed by atoms with van der Waals surface area (Å²) in [5, 5.41) is 8.24. The number of nitrogens with one attached hydrogen (secondary N) is 3. The fourth-order valence-electron chi connectivity index (χ4n) is 4.10. The van der Waals surface area contributed by atoms with E-state index in [2.05, 4.69) is 50.8 Å². The Labute approximate surface area is 371 Å². The molecule has 0 unspecified atom stereocenters. The molecule has 2 saturated heterocycles. The van der Waals surface area contributed by atoms with Crippen molar-refractivity contribution in [2.24, 2.45) is 4.99 Å². The van der Waals surface area contributed by atoms with E-state index in [1.54, 1.807) is 74.3 Å². The molecule has 3 aliphatic rings. The Balaban J connectivity index is -0.000000346. The van der Waals surface area contributed by atoms with Crippen LogP contribution in [-0.4, -0.2) is 168 Å². The average molecular weight is 923 g/mol. The minimum Gasteiger partial charge on any atom is -1.00 e. The SMILES string of the molecule is CC(C)(C)OC(=O)N1CCNC(=O)C1.CC(C)(C)OC(=O)OC(=O)OC(C)(C)C.CC[O+](CC)CC.COC1=NCCN(C(=O)OC(C)(C)C)C1.FB(F)F.O=C1CNCCN1.[F-]. The smallest absolute Gasteiger partial charge is 0.762 e. The van der Waals surface area contributed by atoms with Crippen LogP contribution in [0.15, 0.2) is 4.99 Å². The molecule has 2 fully saturated rings. The van der Waals surface area contributed by atoms with Gasteiger partial charge in [0.1, 0.15) is 48.8 Å². The van der Waals surface area contributed by atoms with Crippen molar-refractivity contribution in [2.45, 2.75) is 126 Å². The van der Waals surface area contributed by atoms with Gasteiger partial charge in [-0.15, -0.1) is 0 Å². The highest BCUT2D eigenvalue weighted by atomic mass is 19.4. The predicted molar refractivity (Wildman–Crippen MR) is 229 cm³/mol. The standard InChI is InChI=1S/C10H18N2O3.C10H18O5.C9H16N2O3.C6H15O.C4H8N2O.BF3.FH/c1-10(2,3)15-9(13)12-6-5-11-8(7-12)14-4;1-9(2,3)14-7(11)13-8(12)15-10(4,5)6;1-9(2,3)14-8(13)11-5-4-10-7(12)6-11;1-4-7(5-2)6-3;7-4-3-5-1-2-6-4;2-1(3)4;/h5-7H2,1-4H3;1-6H3;4-6H2,1-3H3,(H,10,12);4-6H2,1-3H3;5H,1-3H2,(H,6,7);;1H/q;;;+1;;;/p-1. The van der Waals surface area contributed by atoms with E-state index < -0.39 is 48.4 Å². The van der Waals surface area contributed by atoms with Crippen LogP contribution in [0, 0.1) is 0 Å². The summed E-state index contributed by atoms with van der Waals surface area (Å²) in [5.41, 5.74) is -2.36. The first-order valence-electron chi connectivity index (χ1n) is 20.2. The topological polar surface area (TPSA) is 215 Å². The number of carbonyl (C=O) groups excluding carboxylic acids is 6. The van der Waals surface area contributed by atoms with Crippen LogP contribution in [0.1, 0.15) is 104 Å². The van der Waals surface area contributed by atoms with Crippen LogP contribution in [0.4, 0.5) is 32.1 Å². The lowest BCUT2D eigenvalue weighted by molar-refractivity contribution is -0.124. The summed E-state index contributed by atoms with van der Waals surface area (Å²) in [4.78, 5) is 73.6. The van der Waals surface area contributed by atoms with E-state index in [4.69, 9.17) is 23.7 Å². The number of piperazine rings is 2. The van der Waals surface area contributed by atoms with Crippen LogP contribution in [0.2, 0.25) is 0 Å². The quantitative estimate of drug-likeness (QED) is 0.0929. The molecule has 0 atom stereocenters. The molecule has 3 rings (SSSR count). The zero-order valence-electron chi connectivity index (χ0n) is 40.2. The fourth-order valence-corrected chi connectivity index (χ4v) is 4.10. The maximum Gasteiger partial charge on any atom is 0.762 e. The second-order valence-corrected chi connectivity index (χ2v) is 16.9. The summed E-state index contributed by atoms with van der Waals surface area (Å²) in [6.07, 6.45) is -2.85. The number of amides is 4. The van der Waals surface area contributed by atoms with Crippen molar-refractivity contribution in [1.82, 2.24) is 25.8 Å². The lowest BCUT2D eigenvalue weighted by Crippen LogP contribution is -3.00. The molecule has 0 bridgehead atoms. The van der Waals surface area contributed by atoms with E-state index in [0.717, 1.165) is 32.9 Å². The highest BCUT2D eigenvalue weighted by Gasteiger charge is 2.27. The molecule has 3 heterocycles. The minimum absolute atomic E-state index is 0. The van der Waals surface area contributed by atoms with Gasteiger partial charge >= 0.3 is 32.0 Å². The number of aliphatic imine (C=N–C) groups is 1. The predicted octanol–water partition coefficient (Wildman–Crippen LogP) is 2.70. The van der Waals surface area contributed by atoms with Crippen LogP contribution in [0.25, 0.3) is 0 Å². The molecule has 63 heavy (non-hydrogen) atoms. The second kappa shape index (κ2) is 33.0. The molecule has 19 nitrogen and oxygen atoms in total.